The zero-order valence-electron chi connectivity index (χ0n) is 10.9. The van der Waals surface area contributed by atoms with Crippen molar-refractivity contribution in [1.29, 1.82) is 0 Å². The van der Waals surface area contributed by atoms with Crippen LogP contribution in [0.15, 0.2) is 36.4 Å². The number of aromatic nitrogens is 3. The molecule has 0 amide bonds. The molecule has 0 aliphatic heterocycles. The van der Waals surface area contributed by atoms with Crippen LogP contribution in [0.3, 0.4) is 0 Å². The molecule has 1 aromatic carbocycles. The number of halogens is 3. The van der Waals surface area contributed by atoms with Gasteiger partial charge in [0.15, 0.2) is 5.65 Å². The second-order valence-electron chi connectivity index (χ2n) is 4.71. The van der Waals surface area contributed by atoms with E-state index in [0.717, 1.165) is 17.2 Å². The average Bonchev–Trinajstić information content (AvgIpc) is 2.82. The number of rotatable bonds is 1. The highest BCUT2D eigenvalue weighted by molar-refractivity contribution is 7.71. The van der Waals surface area contributed by atoms with Gasteiger partial charge in [0.2, 0.25) is 0 Å². The van der Waals surface area contributed by atoms with Crippen LogP contribution < -0.4 is 0 Å². The Labute approximate surface area is 123 Å². The molecule has 21 heavy (non-hydrogen) atoms. The number of nitrogens with zero attached hydrogens (tertiary/aromatic N) is 2. The van der Waals surface area contributed by atoms with Gasteiger partial charge in [-0.25, -0.2) is 9.50 Å². The zero-order valence-corrected chi connectivity index (χ0v) is 11.7. The molecule has 0 atom stereocenters. The molecular formula is C14H10F3N3S. The maximum Gasteiger partial charge on any atom is 0.433 e. The topological polar surface area (TPSA) is 33.1 Å². The number of aryl methyl sites for hydroxylation is 1. The van der Waals surface area contributed by atoms with Gasteiger partial charge in [0.25, 0.3) is 0 Å². The molecule has 0 saturated heterocycles. The number of benzene rings is 1. The quantitative estimate of drug-likeness (QED) is 0.676. The van der Waals surface area contributed by atoms with Crippen molar-refractivity contribution in [3.05, 3.63) is 52.3 Å². The van der Waals surface area contributed by atoms with Gasteiger partial charge in [0.05, 0.1) is 5.69 Å². The molecule has 108 valence electrons. The van der Waals surface area contributed by atoms with Crippen LogP contribution in [0.1, 0.15) is 11.3 Å². The van der Waals surface area contributed by atoms with Gasteiger partial charge in [-0.2, -0.15) is 13.2 Å². The highest BCUT2D eigenvalue weighted by Crippen LogP contribution is 2.29. The van der Waals surface area contributed by atoms with E-state index in [9.17, 15) is 13.2 Å². The van der Waals surface area contributed by atoms with Crippen molar-refractivity contribution in [3.8, 4) is 11.3 Å². The molecule has 2 aromatic heterocycles. The molecule has 1 N–H and O–H groups in total. The lowest BCUT2D eigenvalue weighted by atomic mass is 10.1. The maximum absolute atomic E-state index is 12.8. The fourth-order valence-corrected chi connectivity index (χ4v) is 2.35. The third kappa shape index (κ3) is 2.56. The summed E-state index contributed by atoms with van der Waals surface area (Å²) in [5.41, 5.74) is 1.74. The fourth-order valence-electron chi connectivity index (χ4n) is 2.10. The molecule has 3 nitrogen and oxygen atoms in total. The molecular weight excluding hydrogens is 299 g/mol. The van der Waals surface area contributed by atoms with E-state index in [2.05, 4.69) is 10.1 Å². The van der Waals surface area contributed by atoms with E-state index in [-0.39, 0.29) is 10.3 Å². The predicted octanol–water partition coefficient (Wildman–Crippen LogP) is 4.39. The van der Waals surface area contributed by atoms with Crippen LogP contribution in [0.2, 0.25) is 0 Å². The van der Waals surface area contributed by atoms with Crippen LogP contribution in [0.25, 0.3) is 16.9 Å². The van der Waals surface area contributed by atoms with Gasteiger partial charge in [-0.3, -0.25) is 5.10 Å². The third-order valence-corrected chi connectivity index (χ3v) is 3.37. The number of hydrogen-bond acceptors (Lipinski definition) is 2. The van der Waals surface area contributed by atoms with Gasteiger partial charge in [0, 0.05) is 12.1 Å². The Kier molecular flexibility index (Phi) is 3.09. The summed E-state index contributed by atoms with van der Waals surface area (Å²) in [5.74, 6) is 0. The maximum atomic E-state index is 12.8. The van der Waals surface area contributed by atoms with Crippen molar-refractivity contribution in [2.24, 2.45) is 0 Å². The molecule has 0 aliphatic rings. The minimum atomic E-state index is -4.51. The number of nitrogens with one attached hydrogen (secondary N) is 1. The molecule has 0 unspecified atom stereocenters. The van der Waals surface area contributed by atoms with E-state index in [1.165, 1.54) is 4.52 Å². The summed E-state index contributed by atoms with van der Waals surface area (Å²) in [7, 11) is 0. The molecule has 0 bridgehead atoms. The largest absolute Gasteiger partial charge is 0.433 e. The average molecular weight is 309 g/mol. The Bertz CT molecular complexity index is 877. The van der Waals surface area contributed by atoms with E-state index in [1.807, 2.05) is 31.2 Å². The van der Waals surface area contributed by atoms with E-state index in [1.54, 1.807) is 6.07 Å². The van der Waals surface area contributed by atoms with Crippen LogP contribution in [0.4, 0.5) is 13.2 Å². The van der Waals surface area contributed by atoms with Gasteiger partial charge in [-0.05, 0) is 18.6 Å². The third-order valence-electron chi connectivity index (χ3n) is 3.07. The summed E-state index contributed by atoms with van der Waals surface area (Å²) in [6.07, 6.45) is -4.51. The molecule has 3 aromatic rings. The van der Waals surface area contributed by atoms with Crippen LogP contribution >= 0.6 is 12.2 Å². The second kappa shape index (κ2) is 4.70. The summed E-state index contributed by atoms with van der Waals surface area (Å²) in [4.78, 5) is 3.62. The van der Waals surface area contributed by atoms with Crippen molar-refractivity contribution in [2.45, 2.75) is 13.1 Å². The number of alkyl halides is 3. The Balaban J connectivity index is 2.21. The van der Waals surface area contributed by atoms with Gasteiger partial charge < -0.3 is 0 Å². The molecule has 0 aliphatic carbocycles. The summed E-state index contributed by atoms with van der Waals surface area (Å²) < 4.78 is 39.6. The number of aromatic amines is 1. The molecule has 7 heteroatoms. The summed E-state index contributed by atoms with van der Waals surface area (Å²) in [6.45, 7) is 1.94. The first kappa shape index (κ1) is 13.8. The van der Waals surface area contributed by atoms with E-state index in [4.69, 9.17) is 12.2 Å². The van der Waals surface area contributed by atoms with Crippen LogP contribution in [-0.2, 0) is 6.18 Å². The lowest BCUT2D eigenvalue weighted by Crippen LogP contribution is -2.09. The van der Waals surface area contributed by atoms with Crippen molar-refractivity contribution in [2.75, 3.05) is 0 Å². The molecule has 0 radical (unpaired) electrons. The minimum Gasteiger partial charge on any atom is -0.291 e. The first-order valence-corrected chi connectivity index (χ1v) is 6.52. The minimum absolute atomic E-state index is 0.0335. The van der Waals surface area contributed by atoms with Gasteiger partial charge >= 0.3 is 6.18 Å². The smallest absolute Gasteiger partial charge is 0.291 e. The van der Waals surface area contributed by atoms with Gasteiger partial charge in [-0.15, -0.1) is 0 Å². The van der Waals surface area contributed by atoms with E-state index >= 15 is 0 Å². The number of H-pyrrole nitrogens is 1. The fraction of sp³-hybridized carbons (Fsp3) is 0.143. The SMILES string of the molecule is Cc1cccc(-c2cc3nc(C(F)(F)F)cc(=S)n3[nH]2)c1. The van der Waals surface area contributed by atoms with Crippen LogP contribution in [0.5, 0.6) is 0 Å². The van der Waals surface area contributed by atoms with Gasteiger partial charge in [-0.1, -0.05) is 36.0 Å². The van der Waals surface area contributed by atoms with E-state index < -0.39 is 11.9 Å². The molecule has 2 heterocycles. The Morgan fingerprint density at radius 2 is 1.95 bits per heavy atom. The molecule has 3 rings (SSSR count). The Morgan fingerprint density at radius 1 is 1.19 bits per heavy atom. The lowest BCUT2D eigenvalue weighted by molar-refractivity contribution is -0.141. The number of fused-ring (bicyclic) bond motifs is 1. The highest BCUT2D eigenvalue weighted by atomic mass is 32.1. The van der Waals surface area contributed by atoms with Crippen molar-refractivity contribution in [1.82, 2.24) is 14.6 Å². The van der Waals surface area contributed by atoms with Crippen molar-refractivity contribution in [3.63, 3.8) is 0 Å². The molecule has 0 spiro atoms. The van der Waals surface area contributed by atoms with Crippen LogP contribution in [-0.4, -0.2) is 14.6 Å². The zero-order chi connectivity index (χ0) is 15.2. The number of hydrogen-bond donors (Lipinski definition) is 1. The van der Waals surface area contributed by atoms with Crippen molar-refractivity contribution < 1.29 is 13.2 Å². The summed E-state index contributed by atoms with van der Waals surface area (Å²) in [5, 5.41) is 2.97. The van der Waals surface area contributed by atoms with Crippen molar-refractivity contribution >= 4 is 17.9 Å². The lowest BCUT2D eigenvalue weighted by Gasteiger charge is -2.05. The first-order valence-electron chi connectivity index (χ1n) is 6.12. The second-order valence-corrected chi connectivity index (χ2v) is 5.13. The highest BCUT2D eigenvalue weighted by Gasteiger charge is 2.33. The molecule has 0 fully saturated rings. The standard InChI is InChI=1S/C14H10F3N3S/c1-8-3-2-4-9(5-8)10-6-12-18-11(14(15,16)17)7-13(21)20(12)19-10/h2-7,19H,1H3. The Hall–Kier alpha value is -2.15. The van der Waals surface area contributed by atoms with Crippen LogP contribution in [0, 0.1) is 11.6 Å². The monoisotopic (exact) mass is 309 g/mol. The normalized spacial score (nSPS) is 12.0. The molecule has 0 saturated carbocycles. The van der Waals surface area contributed by atoms with E-state index in [0.29, 0.717) is 5.69 Å². The summed E-state index contributed by atoms with van der Waals surface area (Å²) in [6, 6.07) is 10.0. The van der Waals surface area contributed by atoms with Gasteiger partial charge in [0.1, 0.15) is 10.3 Å². The Morgan fingerprint density at radius 3 is 2.62 bits per heavy atom. The predicted molar refractivity (Wildman–Crippen MR) is 75.6 cm³/mol. The first-order chi connectivity index (χ1) is 9.84. The summed E-state index contributed by atoms with van der Waals surface area (Å²) >= 11 is 4.99.